The van der Waals surface area contributed by atoms with Gasteiger partial charge in [-0.2, -0.15) is 0 Å². The second-order valence-electron chi connectivity index (χ2n) is 7.52. The van der Waals surface area contributed by atoms with Crippen LogP contribution in [0, 0.1) is 5.92 Å². The Morgan fingerprint density at radius 2 is 1.50 bits per heavy atom. The molecule has 0 rings (SSSR count). The molecule has 0 aromatic carbocycles. The number of amides is 3. The first-order chi connectivity index (χ1) is 14.8. The van der Waals surface area contributed by atoms with Gasteiger partial charge in [0, 0.05) is 6.54 Å². The second-order valence-corrected chi connectivity index (χ2v) is 7.52. The number of carboxylic acids is 2. The van der Waals surface area contributed by atoms with E-state index in [-0.39, 0.29) is 37.7 Å². The molecule has 14 heteroatoms. The SMILES string of the molecule is CC(C)CC(NC(=O)C(CCCN=C(N)N)NC(=O)C(N)CC(=O)O)C(=O)NCC(=O)O. The normalized spacial score (nSPS) is 13.4. The van der Waals surface area contributed by atoms with E-state index in [0.717, 1.165) is 0 Å². The Morgan fingerprint density at radius 1 is 0.906 bits per heavy atom. The zero-order valence-corrected chi connectivity index (χ0v) is 18.2. The molecule has 0 radical (unpaired) electrons. The number of carbonyl (C=O) groups excluding carboxylic acids is 3. The number of carboxylic acid groups (broad SMARTS) is 2. The number of carbonyl (C=O) groups is 5. The summed E-state index contributed by atoms with van der Waals surface area (Å²) in [6.07, 6.45) is -0.0735. The maximum atomic E-state index is 12.8. The summed E-state index contributed by atoms with van der Waals surface area (Å²) in [5, 5.41) is 24.6. The molecule has 0 fully saturated rings. The fraction of sp³-hybridized carbons (Fsp3) is 0.667. The quantitative estimate of drug-likeness (QED) is 0.0702. The molecule has 14 nitrogen and oxygen atoms in total. The molecule has 0 aromatic rings. The number of aliphatic imine (C=N–C) groups is 1. The van der Waals surface area contributed by atoms with Gasteiger partial charge in [0.15, 0.2) is 5.96 Å². The van der Waals surface area contributed by atoms with Crippen LogP contribution >= 0.6 is 0 Å². The van der Waals surface area contributed by atoms with Crippen molar-refractivity contribution in [2.45, 2.75) is 57.7 Å². The van der Waals surface area contributed by atoms with Crippen LogP contribution < -0.4 is 33.2 Å². The first-order valence-electron chi connectivity index (χ1n) is 9.96. The molecule has 3 unspecified atom stereocenters. The Balaban J connectivity index is 5.37. The highest BCUT2D eigenvalue weighted by Gasteiger charge is 2.29. The van der Waals surface area contributed by atoms with Gasteiger partial charge in [-0.1, -0.05) is 13.8 Å². The van der Waals surface area contributed by atoms with E-state index in [0.29, 0.717) is 0 Å². The van der Waals surface area contributed by atoms with Crippen LogP contribution in [-0.4, -0.2) is 77.0 Å². The van der Waals surface area contributed by atoms with E-state index in [4.69, 9.17) is 27.4 Å². The number of nitrogens with one attached hydrogen (secondary N) is 3. The lowest BCUT2D eigenvalue weighted by Crippen LogP contribution is -2.56. The van der Waals surface area contributed by atoms with Crippen molar-refractivity contribution in [3.05, 3.63) is 0 Å². The van der Waals surface area contributed by atoms with E-state index in [2.05, 4.69) is 20.9 Å². The number of rotatable bonds is 15. The standard InChI is InChI=1S/C18H33N7O7/c1-9(2)6-12(16(31)23-8-14(28)29)25-17(32)11(4-3-5-22-18(20)21)24-15(30)10(19)7-13(26)27/h9-12H,3-8,19H2,1-2H3,(H,23,31)(H,24,30)(H,25,32)(H,26,27)(H,28,29)(H4,20,21,22). The fourth-order valence-electron chi connectivity index (χ4n) is 2.59. The van der Waals surface area contributed by atoms with E-state index in [1.807, 2.05) is 13.8 Å². The molecule has 32 heavy (non-hydrogen) atoms. The van der Waals surface area contributed by atoms with Crippen molar-refractivity contribution < 1.29 is 34.2 Å². The maximum absolute atomic E-state index is 12.8. The van der Waals surface area contributed by atoms with Gasteiger partial charge in [0.25, 0.3) is 0 Å². The van der Waals surface area contributed by atoms with Crippen molar-refractivity contribution in [3.63, 3.8) is 0 Å². The molecule has 0 saturated heterocycles. The number of guanidine groups is 1. The van der Waals surface area contributed by atoms with Crippen LogP contribution in [0.4, 0.5) is 0 Å². The summed E-state index contributed by atoms with van der Waals surface area (Å²) < 4.78 is 0. The lowest BCUT2D eigenvalue weighted by molar-refractivity contribution is -0.140. The van der Waals surface area contributed by atoms with Gasteiger partial charge in [-0.15, -0.1) is 0 Å². The van der Waals surface area contributed by atoms with Gasteiger partial charge >= 0.3 is 11.9 Å². The number of nitrogens with two attached hydrogens (primary N) is 3. The lowest BCUT2D eigenvalue weighted by atomic mass is 10.0. The van der Waals surface area contributed by atoms with Gasteiger partial charge in [0.05, 0.1) is 12.5 Å². The maximum Gasteiger partial charge on any atom is 0.322 e. The molecule has 0 bridgehead atoms. The summed E-state index contributed by atoms with van der Waals surface area (Å²) in [6, 6.07) is -3.59. The molecule has 0 aliphatic carbocycles. The third-order valence-electron chi connectivity index (χ3n) is 4.06. The molecular formula is C18H33N7O7. The number of nitrogens with zero attached hydrogens (tertiary/aromatic N) is 1. The summed E-state index contributed by atoms with van der Waals surface area (Å²) in [6.45, 7) is 3.16. The Morgan fingerprint density at radius 3 is 2.00 bits per heavy atom. The average molecular weight is 460 g/mol. The summed E-state index contributed by atoms with van der Waals surface area (Å²) in [7, 11) is 0. The van der Waals surface area contributed by atoms with Crippen molar-refractivity contribution in [2.24, 2.45) is 28.1 Å². The number of hydrogen-bond acceptors (Lipinski definition) is 7. The minimum atomic E-state index is -1.38. The third kappa shape index (κ3) is 13.0. The van der Waals surface area contributed by atoms with E-state index in [9.17, 15) is 24.0 Å². The minimum Gasteiger partial charge on any atom is -0.481 e. The summed E-state index contributed by atoms with van der Waals surface area (Å²) in [5.74, 6) is -4.96. The predicted octanol–water partition coefficient (Wildman–Crippen LogP) is -2.94. The highest BCUT2D eigenvalue weighted by molar-refractivity contribution is 5.94. The molecule has 0 heterocycles. The van der Waals surface area contributed by atoms with Crippen molar-refractivity contribution in [2.75, 3.05) is 13.1 Å². The van der Waals surface area contributed by atoms with Gasteiger partial charge in [-0.25, -0.2) is 0 Å². The first-order valence-corrected chi connectivity index (χ1v) is 9.96. The van der Waals surface area contributed by atoms with Gasteiger partial charge in [0.1, 0.15) is 18.6 Å². The van der Waals surface area contributed by atoms with Gasteiger partial charge < -0.3 is 43.4 Å². The van der Waals surface area contributed by atoms with Crippen LogP contribution in [-0.2, 0) is 24.0 Å². The molecule has 0 aromatic heterocycles. The molecule has 11 N–H and O–H groups in total. The predicted molar refractivity (Wildman–Crippen MR) is 114 cm³/mol. The second kappa shape index (κ2) is 14.6. The Hall–Kier alpha value is -3.42. The van der Waals surface area contributed by atoms with Crippen molar-refractivity contribution >= 4 is 35.6 Å². The highest BCUT2D eigenvalue weighted by Crippen LogP contribution is 2.07. The Bertz CT molecular complexity index is 708. The van der Waals surface area contributed by atoms with E-state index >= 15 is 0 Å². The molecule has 0 spiro atoms. The Kier molecular flexibility index (Phi) is 13.0. The van der Waals surface area contributed by atoms with Crippen LogP contribution in [0.2, 0.25) is 0 Å². The minimum absolute atomic E-state index is 0.0187. The van der Waals surface area contributed by atoms with E-state index in [1.54, 1.807) is 0 Å². The largest absolute Gasteiger partial charge is 0.481 e. The smallest absolute Gasteiger partial charge is 0.322 e. The van der Waals surface area contributed by atoms with Crippen molar-refractivity contribution in [3.8, 4) is 0 Å². The molecule has 182 valence electrons. The third-order valence-corrected chi connectivity index (χ3v) is 4.06. The number of hydrogen-bond donors (Lipinski definition) is 8. The van der Waals surface area contributed by atoms with E-state index < -0.39 is 60.8 Å². The molecule has 0 saturated carbocycles. The Labute approximate surface area is 185 Å². The van der Waals surface area contributed by atoms with Crippen LogP contribution in [0.5, 0.6) is 0 Å². The molecule has 0 aliphatic heterocycles. The molecule has 3 atom stereocenters. The van der Waals surface area contributed by atoms with Crippen LogP contribution in [0.1, 0.15) is 39.5 Å². The van der Waals surface area contributed by atoms with Gasteiger partial charge in [0.2, 0.25) is 17.7 Å². The van der Waals surface area contributed by atoms with Crippen molar-refractivity contribution in [1.29, 1.82) is 0 Å². The topological polar surface area (TPSA) is 252 Å². The molecule has 0 aliphatic rings. The molecule has 3 amide bonds. The lowest BCUT2D eigenvalue weighted by Gasteiger charge is -2.24. The molecular weight excluding hydrogens is 426 g/mol. The monoisotopic (exact) mass is 459 g/mol. The van der Waals surface area contributed by atoms with Crippen LogP contribution in [0.25, 0.3) is 0 Å². The first kappa shape index (κ1) is 28.6. The van der Waals surface area contributed by atoms with Crippen LogP contribution in [0.15, 0.2) is 4.99 Å². The zero-order chi connectivity index (χ0) is 24.8. The zero-order valence-electron chi connectivity index (χ0n) is 18.2. The summed E-state index contributed by atoms with van der Waals surface area (Å²) >= 11 is 0. The van der Waals surface area contributed by atoms with Crippen molar-refractivity contribution in [1.82, 2.24) is 16.0 Å². The highest BCUT2D eigenvalue weighted by atomic mass is 16.4. The number of aliphatic carboxylic acids is 2. The fourth-order valence-corrected chi connectivity index (χ4v) is 2.59. The average Bonchev–Trinajstić information content (AvgIpc) is 2.66. The summed E-state index contributed by atoms with van der Waals surface area (Å²) in [4.78, 5) is 62.6. The van der Waals surface area contributed by atoms with E-state index in [1.165, 1.54) is 0 Å². The van der Waals surface area contributed by atoms with Gasteiger partial charge in [-0.05, 0) is 25.2 Å². The van der Waals surface area contributed by atoms with Crippen LogP contribution in [0.3, 0.4) is 0 Å². The summed E-state index contributed by atoms with van der Waals surface area (Å²) in [5.41, 5.74) is 16.0. The van der Waals surface area contributed by atoms with Gasteiger partial charge in [-0.3, -0.25) is 29.0 Å².